The Morgan fingerprint density at radius 3 is 1.98 bits per heavy atom. The molecule has 0 saturated heterocycles. The summed E-state index contributed by atoms with van der Waals surface area (Å²) in [4.78, 5) is 0. The summed E-state index contributed by atoms with van der Waals surface area (Å²) in [6.07, 6.45) is 10.2. The lowest BCUT2D eigenvalue weighted by Gasteiger charge is -2.31. The Bertz CT molecular complexity index is 3320. The van der Waals surface area contributed by atoms with E-state index in [4.69, 9.17) is 4.42 Å². The normalized spacial score (nSPS) is 14.9. The van der Waals surface area contributed by atoms with Gasteiger partial charge in [0.05, 0.1) is 11.0 Å². The second kappa shape index (κ2) is 13.2. The van der Waals surface area contributed by atoms with Gasteiger partial charge in [0.1, 0.15) is 11.2 Å². The van der Waals surface area contributed by atoms with E-state index in [1.54, 1.807) is 5.57 Å². The molecule has 0 aliphatic heterocycles. The van der Waals surface area contributed by atoms with Crippen LogP contribution >= 0.6 is 0 Å². The van der Waals surface area contributed by atoms with E-state index < -0.39 is 0 Å². The summed E-state index contributed by atoms with van der Waals surface area (Å²) >= 11 is 0. The first-order valence-corrected chi connectivity index (χ1v) is 20.5. The van der Waals surface area contributed by atoms with Crippen molar-refractivity contribution in [1.82, 2.24) is 4.57 Å². The van der Waals surface area contributed by atoms with E-state index in [2.05, 4.69) is 199 Å². The Kier molecular flexibility index (Phi) is 7.53. The maximum atomic E-state index is 6.83. The molecule has 0 radical (unpaired) electrons. The van der Waals surface area contributed by atoms with Crippen LogP contribution in [0.25, 0.3) is 93.9 Å². The van der Waals surface area contributed by atoms with Gasteiger partial charge in [-0.15, -0.1) is 0 Å². The fourth-order valence-electron chi connectivity index (χ4n) is 9.94. The molecule has 2 heterocycles. The summed E-state index contributed by atoms with van der Waals surface area (Å²) in [5.41, 5.74) is 19.5. The second-order valence-corrected chi connectivity index (χ2v) is 15.9. The van der Waals surface area contributed by atoms with Crippen LogP contribution < -0.4 is 0 Å². The number of nitrogens with zero attached hydrogens (tertiary/aromatic N) is 1. The number of aromatic nitrogens is 1. The van der Waals surface area contributed by atoms with Crippen molar-refractivity contribution in [3.63, 3.8) is 0 Å². The van der Waals surface area contributed by atoms with Crippen LogP contribution in [0.5, 0.6) is 0 Å². The molecule has 2 aromatic heterocycles. The van der Waals surface area contributed by atoms with Gasteiger partial charge >= 0.3 is 0 Å². The molecular weight excluding hydrogens is 703 g/mol. The largest absolute Gasteiger partial charge is 0.455 e. The zero-order valence-electron chi connectivity index (χ0n) is 32.0. The number of hydrogen-bond donors (Lipinski definition) is 0. The number of rotatable bonds is 5. The third kappa shape index (κ3) is 5.18. The van der Waals surface area contributed by atoms with Crippen molar-refractivity contribution in [2.45, 2.75) is 25.2 Å². The van der Waals surface area contributed by atoms with Crippen molar-refractivity contribution < 1.29 is 4.42 Å². The molecule has 0 amide bonds. The van der Waals surface area contributed by atoms with E-state index in [0.29, 0.717) is 5.92 Å². The highest BCUT2D eigenvalue weighted by Crippen LogP contribution is 2.46. The number of allylic oxidation sites excluding steroid dienone is 4. The fraction of sp³-hybridized carbons (Fsp3) is 0.0714. The van der Waals surface area contributed by atoms with Crippen molar-refractivity contribution >= 4 is 43.7 Å². The Labute approximate surface area is 337 Å². The quantitative estimate of drug-likeness (QED) is 0.172. The van der Waals surface area contributed by atoms with Crippen LogP contribution in [-0.2, 0) is 6.42 Å². The van der Waals surface area contributed by atoms with Crippen LogP contribution in [0.15, 0.2) is 204 Å². The average Bonchev–Trinajstić information content (AvgIpc) is 3.85. The molecule has 8 aromatic carbocycles. The standard InChI is InChI=1S/C56H39NO/c1-3-14-36(15-4-1)43-23-12-25-48-49-26-13-24-44(56(49)58-55(43)48)40-18-11-19-42(32-40)57-53-27-10-9-22-47(53)52-34-39(30-31-54(52)57)38-28-29-41-35-50(37-16-5-2-6-17-37)45-20-7-8-21-46(45)51(41)33-38/h1-5,7-16,18-34,50H,6,17,35H2. The maximum absolute atomic E-state index is 6.83. The molecule has 2 aliphatic carbocycles. The highest BCUT2D eigenvalue weighted by atomic mass is 16.3. The molecule has 274 valence electrons. The molecule has 0 fully saturated rings. The molecule has 0 spiro atoms. The molecule has 1 unspecified atom stereocenters. The summed E-state index contributed by atoms with van der Waals surface area (Å²) in [6, 6.07) is 64.5. The molecule has 0 N–H and O–H groups in total. The molecule has 0 saturated carbocycles. The minimum atomic E-state index is 0.444. The van der Waals surface area contributed by atoms with E-state index in [1.165, 1.54) is 55.2 Å². The van der Waals surface area contributed by atoms with Gasteiger partial charge in [0.25, 0.3) is 0 Å². The summed E-state index contributed by atoms with van der Waals surface area (Å²) in [6.45, 7) is 0. The first kappa shape index (κ1) is 33.0. The molecule has 1 atom stereocenters. The van der Waals surface area contributed by atoms with Crippen LogP contribution in [0.2, 0.25) is 0 Å². The Morgan fingerprint density at radius 2 is 1.14 bits per heavy atom. The first-order valence-electron chi connectivity index (χ1n) is 20.5. The molecule has 2 heteroatoms. The van der Waals surface area contributed by atoms with Crippen molar-refractivity contribution in [3.05, 3.63) is 211 Å². The van der Waals surface area contributed by atoms with Crippen LogP contribution in [0.1, 0.15) is 29.9 Å². The summed E-state index contributed by atoms with van der Waals surface area (Å²) < 4.78 is 9.24. The number of furan rings is 1. The van der Waals surface area contributed by atoms with Gasteiger partial charge in [-0.1, -0.05) is 163 Å². The zero-order valence-corrected chi connectivity index (χ0v) is 32.0. The first-order chi connectivity index (χ1) is 28.8. The highest BCUT2D eigenvalue weighted by molar-refractivity contribution is 6.13. The van der Waals surface area contributed by atoms with E-state index >= 15 is 0 Å². The average molecular weight is 742 g/mol. The van der Waals surface area contributed by atoms with E-state index in [0.717, 1.165) is 69.1 Å². The predicted octanol–water partition coefficient (Wildman–Crippen LogP) is 15.3. The van der Waals surface area contributed by atoms with Gasteiger partial charge in [-0.3, -0.25) is 0 Å². The highest BCUT2D eigenvalue weighted by Gasteiger charge is 2.27. The van der Waals surface area contributed by atoms with Gasteiger partial charge in [-0.2, -0.15) is 0 Å². The van der Waals surface area contributed by atoms with Gasteiger partial charge < -0.3 is 8.98 Å². The third-order valence-corrected chi connectivity index (χ3v) is 12.7. The summed E-state index contributed by atoms with van der Waals surface area (Å²) in [5.74, 6) is 0.444. The third-order valence-electron chi connectivity index (χ3n) is 12.7. The SMILES string of the molecule is C1=CCCC(C2Cc3ccc(-c4ccc5c(c4)c4ccccc4n5-c4cccc(-c5cccc6c5oc5c(-c7ccccc7)cccc56)c4)cc3-c3ccccc32)=C1. The minimum Gasteiger partial charge on any atom is -0.455 e. The number of benzene rings is 8. The molecule has 12 rings (SSSR count). The van der Waals surface area contributed by atoms with E-state index in [1.807, 2.05) is 0 Å². The zero-order chi connectivity index (χ0) is 38.2. The monoisotopic (exact) mass is 741 g/mol. The van der Waals surface area contributed by atoms with Gasteiger partial charge in [0.15, 0.2) is 0 Å². The van der Waals surface area contributed by atoms with E-state index in [9.17, 15) is 0 Å². The van der Waals surface area contributed by atoms with Crippen molar-refractivity contribution in [3.8, 4) is 50.2 Å². The lowest BCUT2D eigenvalue weighted by atomic mass is 9.73. The van der Waals surface area contributed by atoms with Crippen LogP contribution in [0, 0.1) is 0 Å². The number of fused-ring (bicyclic) bond motifs is 9. The molecule has 2 aliphatic rings. The second-order valence-electron chi connectivity index (χ2n) is 15.9. The van der Waals surface area contributed by atoms with Crippen LogP contribution in [-0.4, -0.2) is 4.57 Å². The van der Waals surface area contributed by atoms with Crippen LogP contribution in [0.4, 0.5) is 0 Å². The van der Waals surface area contributed by atoms with Gasteiger partial charge in [0, 0.05) is 44.3 Å². The van der Waals surface area contributed by atoms with Gasteiger partial charge in [-0.25, -0.2) is 0 Å². The molecule has 10 aromatic rings. The lowest BCUT2D eigenvalue weighted by molar-refractivity contribution is 0.671. The molecular formula is C56H39NO. The van der Waals surface area contributed by atoms with Gasteiger partial charge in [0.2, 0.25) is 0 Å². The van der Waals surface area contributed by atoms with Crippen molar-refractivity contribution in [2.75, 3.05) is 0 Å². The molecule has 2 nitrogen and oxygen atoms in total. The smallest absolute Gasteiger partial charge is 0.143 e. The van der Waals surface area contributed by atoms with Gasteiger partial charge in [-0.05, 0) is 100 Å². The number of hydrogen-bond acceptors (Lipinski definition) is 1. The minimum absolute atomic E-state index is 0.444. The molecule has 0 bridgehead atoms. The van der Waals surface area contributed by atoms with Crippen LogP contribution in [0.3, 0.4) is 0 Å². The van der Waals surface area contributed by atoms with Crippen molar-refractivity contribution in [1.29, 1.82) is 0 Å². The topological polar surface area (TPSA) is 18.1 Å². The lowest BCUT2D eigenvalue weighted by Crippen LogP contribution is -2.14. The summed E-state index contributed by atoms with van der Waals surface area (Å²) in [7, 11) is 0. The fourth-order valence-corrected chi connectivity index (χ4v) is 9.94. The number of para-hydroxylation sites is 3. The maximum Gasteiger partial charge on any atom is 0.143 e. The Hall–Kier alpha value is -7.16. The Morgan fingerprint density at radius 1 is 0.466 bits per heavy atom. The molecule has 58 heavy (non-hydrogen) atoms. The Balaban J connectivity index is 0.960. The summed E-state index contributed by atoms with van der Waals surface area (Å²) in [5, 5.41) is 4.76. The van der Waals surface area contributed by atoms with Crippen molar-refractivity contribution in [2.24, 2.45) is 0 Å². The predicted molar refractivity (Wildman–Crippen MR) is 243 cm³/mol. The van der Waals surface area contributed by atoms with E-state index in [-0.39, 0.29) is 0 Å².